The monoisotopic (exact) mass is 756 g/mol. The second kappa shape index (κ2) is 14.4. The summed E-state index contributed by atoms with van der Waals surface area (Å²) in [7, 11) is 0. The molecule has 4 heterocycles. The van der Waals surface area contributed by atoms with Gasteiger partial charge in [0.05, 0.1) is 38.1 Å². The van der Waals surface area contributed by atoms with Crippen LogP contribution < -0.4 is 0 Å². The molecule has 53 heavy (non-hydrogen) atoms. The minimum absolute atomic E-state index is 0.0165. The van der Waals surface area contributed by atoms with Gasteiger partial charge in [0, 0.05) is 23.7 Å². The lowest BCUT2D eigenvalue weighted by Crippen LogP contribution is -2.65. The van der Waals surface area contributed by atoms with E-state index in [0.29, 0.717) is 29.6 Å². The molecule has 4 aliphatic carbocycles. The van der Waals surface area contributed by atoms with E-state index in [0.717, 1.165) is 64.4 Å². The van der Waals surface area contributed by atoms with Gasteiger partial charge in [-0.1, -0.05) is 27.7 Å². The number of rotatable bonds is 6. The van der Waals surface area contributed by atoms with Crippen LogP contribution in [0.25, 0.3) is 0 Å². The highest BCUT2D eigenvalue weighted by Gasteiger charge is 2.71. The smallest absolute Gasteiger partial charge is 0.187 e. The average molecular weight is 757 g/mol. The molecule has 8 N–H and O–H groups in total. The first-order valence-corrected chi connectivity index (χ1v) is 20.4. The van der Waals surface area contributed by atoms with Crippen LogP contribution in [0.5, 0.6) is 0 Å². The van der Waals surface area contributed by atoms with Gasteiger partial charge < -0.3 is 69.3 Å². The van der Waals surface area contributed by atoms with Crippen LogP contribution in [0.3, 0.4) is 0 Å². The molecule has 4 saturated carbocycles. The molecule has 4 saturated heterocycles. The Morgan fingerprint density at radius 2 is 1.40 bits per heavy atom. The van der Waals surface area contributed by atoms with E-state index in [4.69, 9.17) is 28.4 Å². The standard InChI is InChI=1S/C39H64O14/c1-17-7-10-39(48-16-17)18(2)28-24(53-39)12-23-21-6-5-19-11-20(8-9-37(19,3)22(21)13-27(42)38(23,28)4)49-35-33(47)31(45)34(26(15-41)51-35)52-36-32(46)30(44)29(43)25(14-40)50-36/h17-36,40-47H,5-16H2,1-4H3/t17-,18+,19+,20+,21?,22?,23?,24?,25-,26-,27-,28?,29-,30+,31-,32-,33-,34?,35-,36+,37+,38-,39-/m1/s1. The van der Waals surface area contributed by atoms with Crippen molar-refractivity contribution < 1.29 is 69.3 Å². The molecule has 304 valence electrons. The zero-order valence-electron chi connectivity index (χ0n) is 31.6. The molecule has 0 amide bonds. The van der Waals surface area contributed by atoms with E-state index in [1.165, 1.54) is 0 Å². The number of ether oxygens (including phenoxy) is 6. The van der Waals surface area contributed by atoms with Crippen LogP contribution in [0.4, 0.5) is 0 Å². The van der Waals surface area contributed by atoms with Gasteiger partial charge in [-0.15, -0.1) is 0 Å². The fourth-order valence-corrected chi connectivity index (χ4v) is 13.2. The van der Waals surface area contributed by atoms with Gasteiger partial charge in [-0.25, -0.2) is 0 Å². The Balaban J connectivity index is 0.908. The van der Waals surface area contributed by atoms with Gasteiger partial charge in [-0.05, 0) is 86.4 Å². The van der Waals surface area contributed by atoms with Crippen molar-refractivity contribution >= 4 is 0 Å². The van der Waals surface area contributed by atoms with Crippen molar-refractivity contribution in [3.63, 3.8) is 0 Å². The lowest BCUT2D eigenvalue weighted by Gasteiger charge is -2.62. The van der Waals surface area contributed by atoms with E-state index in [9.17, 15) is 40.9 Å². The molecule has 4 aliphatic heterocycles. The van der Waals surface area contributed by atoms with E-state index in [1.807, 2.05) is 0 Å². The van der Waals surface area contributed by atoms with E-state index >= 15 is 0 Å². The van der Waals surface area contributed by atoms with Crippen LogP contribution in [-0.4, -0.2) is 146 Å². The summed E-state index contributed by atoms with van der Waals surface area (Å²) in [5, 5.41) is 85.0. The van der Waals surface area contributed by atoms with Gasteiger partial charge in [-0.2, -0.15) is 0 Å². The third-order valence-corrected chi connectivity index (χ3v) is 16.3. The SMILES string of the molecule is C[C@@H]1CC[C@@]2(OC1)OC1CC3C4CC[C@H]5C[C@@H](O[C@@H]6O[C@H](CO)C(O[C@@H]7O[C@H](CO)[C@@H](O)[C@H](O)[C@H]7O)[C@H](O)[C@H]6O)CC[C@]5(C)C4C[C@@H](O)[C@]3(C)C1[C@@H]2C. The highest BCUT2D eigenvalue weighted by atomic mass is 16.7. The molecule has 0 aromatic carbocycles. The third-order valence-electron chi connectivity index (χ3n) is 16.3. The van der Waals surface area contributed by atoms with Gasteiger partial charge in [0.25, 0.3) is 0 Å². The quantitative estimate of drug-likeness (QED) is 0.173. The lowest BCUT2D eigenvalue weighted by atomic mass is 9.43. The Morgan fingerprint density at radius 1 is 0.698 bits per heavy atom. The molecule has 0 aromatic rings. The molecular weight excluding hydrogens is 692 g/mol. The summed E-state index contributed by atoms with van der Waals surface area (Å²) in [6, 6.07) is 0. The van der Waals surface area contributed by atoms with Crippen molar-refractivity contribution in [2.75, 3.05) is 19.8 Å². The number of fused-ring (bicyclic) bond motifs is 7. The maximum atomic E-state index is 12.2. The first kappa shape index (κ1) is 39.3. The molecule has 0 aromatic heterocycles. The van der Waals surface area contributed by atoms with Crippen molar-refractivity contribution in [1.29, 1.82) is 0 Å². The summed E-state index contributed by atoms with van der Waals surface area (Å²) in [5.41, 5.74) is -0.198. The van der Waals surface area contributed by atoms with Crippen molar-refractivity contribution in [1.82, 2.24) is 0 Å². The summed E-state index contributed by atoms with van der Waals surface area (Å²) in [4.78, 5) is 0. The van der Waals surface area contributed by atoms with E-state index in [-0.39, 0.29) is 34.9 Å². The highest BCUT2D eigenvalue weighted by Crippen LogP contribution is 2.71. The molecule has 8 aliphatic rings. The summed E-state index contributed by atoms with van der Waals surface area (Å²) in [5.74, 6) is 2.15. The molecule has 0 radical (unpaired) electrons. The Morgan fingerprint density at radius 3 is 2.09 bits per heavy atom. The van der Waals surface area contributed by atoms with Gasteiger partial charge in [0.1, 0.15) is 48.8 Å². The Labute approximate surface area is 312 Å². The number of aliphatic hydroxyl groups excluding tert-OH is 8. The molecule has 0 bridgehead atoms. The number of hydrogen-bond acceptors (Lipinski definition) is 14. The van der Waals surface area contributed by atoms with Gasteiger partial charge in [-0.3, -0.25) is 0 Å². The molecule has 14 heteroatoms. The van der Waals surface area contributed by atoms with Crippen molar-refractivity contribution in [2.24, 2.45) is 52.3 Å². The third kappa shape index (κ3) is 6.11. The topological polar surface area (TPSA) is 217 Å². The molecular formula is C39H64O14. The van der Waals surface area contributed by atoms with E-state index in [2.05, 4.69) is 27.7 Å². The van der Waals surface area contributed by atoms with E-state index < -0.39 is 86.5 Å². The second-order valence-electron chi connectivity index (χ2n) is 18.8. The molecule has 14 nitrogen and oxygen atoms in total. The van der Waals surface area contributed by atoms with Crippen LogP contribution >= 0.6 is 0 Å². The first-order chi connectivity index (χ1) is 25.2. The normalized spacial score (nSPS) is 59.5. The maximum absolute atomic E-state index is 12.2. The van der Waals surface area contributed by atoms with Crippen LogP contribution in [-0.2, 0) is 28.4 Å². The zero-order valence-corrected chi connectivity index (χ0v) is 31.6. The summed E-state index contributed by atoms with van der Waals surface area (Å²) >= 11 is 0. The first-order valence-electron chi connectivity index (χ1n) is 20.4. The predicted octanol–water partition coefficient (Wildman–Crippen LogP) is 0.413. The Bertz CT molecular complexity index is 1290. The zero-order chi connectivity index (χ0) is 37.8. The van der Waals surface area contributed by atoms with Crippen LogP contribution in [0.2, 0.25) is 0 Å². The summed E-state index contributed by atoms with van der Waals surface area (Å²) < 4.78 is 36.9. The minimum atomic E-state index is -1.73. The van der Waals surface area contributed by atoms with E-state index in [1.54, 1.807) is 0 Å². The predicted molar refractivity (Wildman–Crippen MR) is 184 cm³/mol. The number of hydrogen-bond donors (Lipinski definition) is 8. The van der Waals surface area contributed by atoms with Gasteiger partial charge in [0.15, 0.2) is 18.4 Å². The lowest BCUT2D eigenvalue weighted by molar-refractivity contribution is -0.364. The van der Waals surface area contributed by atoms with Crippen molar-refractivity contribution in [3.05, 3.63) is 0 Å². The van der Waals surface area contributed by atoms with Crippen LogP contribution in [0.1, 0.15) is 85.5 Å². The molecule has 8 fully saturated rings. The average Bonchev–Trinajstić information content (AvgIpc) is 3.59. The van der Waals surface area contributed by atoms with Crippen molar-refractivity contribution in [3.8, 4) is 0 Å². The highest BCUT2D eigenvalue weighted by molar-refractivity contribution is 5.18. The Hall–Kier alpha value is -0.560. The minimum Gasteiger partial charge on any atom is -0.394 e. The van der Waals surface area contributed by atoms with Gasteiger partial charge in [0.2, 0.25) is 0 Å². The molecule has 8 rings (SSSR count). The fraction of sp³-hybridized carbons (Fsp3) is 1.00. The largest absolute Gasteiger partial charge is 0.394 e. The van der Waals surface area contributed by atoms with Crippen LogP contribution in [0, 0.1) is 52.3 Å². The van der Waals surface area contributed by atoms with Crippen molar-refractivity contribution in [2.45, 2.75) is 171 Å². The Kier molecular flexibility index (Phi) is 10.6. The van der Waals surface area contributed by atoms with Crippen LogP contribution in [0.15, 0.2) is 0 Å². The molecule has 1 spiro atoms. The summed E-state index contributed by atoms with van der Waals surface area (Å²) in [6.45, 7) is 8.74. The fourth-order valence-electron chi connectivity index (χ4n) is 13.2. The maximum Gasteiger partial charge on any atom is 0.187 e. The van der Waals surface area contributed by atoms with Gasteiger partial charge >= 0.3 is 0 Å². The molecule has 23 atom stereocenters. The number of aliphatic hydroxyl groups is 8. The second-order valence-corrected chi connectivity index (χ2v) is 18.8. The summed E-state index contributed by atoms with van der Waals surface area (Å²) in [6.07, 6.45) is -7.09. The molecule has 6 unspecified atom stereocenters.